The minimum Gasteiger partial charge on any atom is -0.493 e. The highest BCUT2D eigenvalue weighted by atomic mass is 16.5. The van der Waals surface area contributed by atoms with E-state index in [1.807, 2.05) is 0 Å². The summed E-state index contributed by atoms with van der Waals surface area (Å²) in [5, 5.41) is 2.47. The molecule has 0 saturated carbocycles. The number of hydrogen-bond acceptors (Lipinski definition) is 5. The van der Waals surface area contributed by atoms with Crippen LogP contribution in [0, 0.1) is 6.92 Å². The number of methoxy groups -OCH3 is 2. The number of carbonyl (C=O) groups excluding carboxylic acids is 2. The highest BCUT2D eigenvalue weighted by Crippen LogP contribution is 2.32. The molecule has 0 unspecified atom stereocenters. The van der Waals surface area contributed by atoms with E-state index in [1.165, 1.54) is 14.2 Å². The minimum atomic E-state index is -0.920. The Morgan fingerprint density at radius 3 is 2.26 bits per heavy atom. The third-order valence-electron chi connectivity index (χ3n) is 2.44. The van der Waals surface area contributed by atoms with Crippen LogP contribution in [0.15, 0.2) is 12.1 Å². The summed E-state index contributed by atoms with van der Waals surface area (Å²) < 4.78 is 14.9. The molecule has 0 saturated heterocycles. The van der Waals surface area contributed by atoms with E-state index in [9.17, 15) is 9.59 Å². The lowest BCUT2D eigenvalue weighted by Gasteiger charge is -2.13. The van der Waals surface area contributed by atoms with Crippen LogP contribution in [0.3, 0.4) is 0 Å². The normalized spacial score (nSPS) is 9.68. The third-order valence-corrected chi connectivity index (χ3v) is 2.44. The van der Waals surface area contributed by atoms with Gasteiger partial charge < -0.3 is 19.5 Å². The van der Waals surface area contributed by atoms with E-state index in [2.05, 4.69) is 10.1 Å². The molecule has 1 aromatic carbocycles. The summed E-state index contributed by atoms with van der Waals surface area (Å²) >= 11 is 0. The predicted molar refractivity (Wildman–Crippen MR) is 69.5 cm³/mol. The van der Waals surface area contributed by atoms with Gasteiger partial charge in [-0.05, 0) is 25.5 Å². The van der Waals surface area contributed by atoms with Gasteiger partial charge in [-0.15, -0.1) is 0 Å². The zero-order valence-corrected chi connectivity index (χ0v) is 11.4. The number of carbonyl (C=O) groups is 2. The number of esters is 1. The van der Waals surface area contributed by atoms with Crippen molar-refractivity contribution in [1.82, 2.24) is 0 Å². The van der Waals surface area contributed by atoms with Gasteiger partial charge in [0, 0.05) is 11.8 Å². The Morgan fingerprint density at radius 1 is 1.16 bits per heavy atom. The van der Waals surface area contributed by atoms with Gasteiger partial charge in [0.1, 0.15) is 0 Å². The number of hydrogen-bond donors (Lipinski definition) is 1. The number of rotatable bonds is 4. The van der Waals surface area contributed by atoms with Crippen LogP contribution in [0.1, 0.15) is 12.5 Å². The van der Waals surface area contributed by atoms with Crippen molar-refractivity contribution in [2.75, 3.05) is 26.1 Å². The van der Waals surface area contributed by atoms with Crippen LogP contribution in [0.5, 0.6) is 11.5 Å². The summed E-state index contributed by atoms with van der Waals surface area (Å²) in [5.74, 6) is -0.727. The van der Waals surface area contributed by atoms with Crippen LogP contribution in [0.25, 0.3) is 0 Å². The Kier molecular flexibility index (Phi) is 5.17. The van der Waals surface area contributed by atoms with Crippen molar-refractivity contribution in [3.8, 4) is 11.5 Å². The smallest absolute Gasteiger partial charge is 0.397 e. The molecule has 0 spiro atoms. The predicted octanol–water partition coefficient (Wildman–Crippen LogP) is 1.51. The molecule has 0 aliphatic heterocycles. The lowest BCUT2D eigenvalue weighted by molar-refractivity contribution is -0.152. The first-order valence-corrected chi connectivity index (χ1v) is 5.74. The molecule has 1 aromatic rings. The first-order valence-electron chi connectivity index (χ1n) is 5.74. The molecule has 19 heavy (non-hydrogen) atoms. The average Bonchev–Trinajstić information content (AvgIpc) is 2.40. The van der Waals surface area contributed by atoms with Crippen LogP contribution in [0.2, 0.25) is 0 Å². The molecule has 1 rings (SSSR count). The number of ether oxygens (including phenoxy) is 3. The van der Waals surface area contributed by atoms with Crippen molar-refractivity contribution < 1.29 is 23.8 Å². The summed E-state index contributed by atoms with van der Waals surface area (Å²) in [4.78, 5) is 22.8. The summed E-state index contributed by atoms with van der Waals surface area (Å²) in [6, 6.07) is 3.30. The van der Waals surface area contributed by atoms with Crippen molar-refractivity contribution in [2.45, 2.75) is 13.8 Å². The van der Waals surface area contributed by atoms with Crippen molar-refractivity contribution in [3.05, 3.63) is 17.7 Å². The second kappa shape index (κ2) is 6.63. The van der Waals surface area contributed by atoms with Crippen LogP contribution in [0.4, 0.5) is 5.69 Å². The van der Waals surface area contributed by atoms with Gasteiger partial charge in [-0.2, -0.15) is 0 Å². The minimum absolute atomic E-state index is 0.150. The Bertz CT molecular complexity index is 484. The first kappa shape index (κ1) is 14.8. The van der Waals surface area contributed by atoms with Crippen molar-refractivity contribution in [3.63, 3.8) is 0 Å². The first-order chi connectivity index (χ1) is 9.03. The lowest BCUT2D eigenvalue weighted by Crippen LogP contribution is -2.25. The molecular formula is C13H17NO5. The molecular weight excluding hydrogens is 250 g/mol. The zero-order chi connectivity index (χ0) is 14.4. The van der Waals surface area contributed by atoms with E-state index < -0.39 is 11.9 Å². The molecule has 0 fully saturated rings. The fourth-order valence-corrected chi connectivity index (χ4v) is 1.49. The lowest BCUT2D eigenvalue weighted by atomic mass is 10.1. The fraction of sp³-hybridized carbons (Fsp3) is 0.385. The van der Waals surface area contributed by atoms with Gasteiger partial charge in [0.05, 0.1) is 20.8 Å². The Morgan fingerprint density at radius 2 is 1.74 bits per heavy atom. The molecule has 0 atom stereocenters. The van der Waals surface area contributed by atoms with E-state index in [0.717, 1.165) is 5.56 Å². The number of nitrogens with one attached hydrogen (secondary N) is 1. The molecule has 0 heterocycles. The molecule has 1 N–H and O–H groups in total. The third kappa shape index (κ3) is 3.61. The molecule has 0 bridgehead atoms. The van der Waals surface area contributed by atoms with E-state index in [4.69, 9.17) is 9.47 Å². The maximum absolute atomic E-state index is 11.6. The van der Waals surface area contributed by atoms with E-state index >= 15 is 0 Å². The molecule has 0 aliphatic rings. The monoisotopic (exact) mass is 267 g/mol. The maximum Gasteiger partial charge on any atom is 0.397 e. The molecule has 104 valence electrons. The Hall–Kier alpha value is -2.24. The van der Waals surface area contributed by atoms with E-state index in [-0.39, 0.29) is 6.61 Å². The Labute approximate surface area is 111 Å². The molecule has 0 radical (unpaired) electrons. The van der Waals surface area contributed by atoms with Crippen molar-refractivity contribution in [1.29, 1.82) is 0 Å². The Balaban J connectivity index is 2.95. The van der Waals surface area contributed by atoms with Gasteiger partial charge in [-0.3, -0.25) is 4.79 Å². The van der Waals surface area contributed by atoms with Gasteiger partial charge in [0.15, 0.2) is 11.5 Å². The standard InChI is InChI=1S/C13H17NO5/c1-5-19-13(16)12(15)14-9-7-11(18-4)10(17-3)6-8(9)2/h6-7H,5H2,1-4H3,(H,14,15). The molecule has 0 aromatic heterocycles. The van der Waals surface area contributed by atoms with Crippen LogP contribution in [-0.4, -0.2) is 32.7 Å². The largest absolute Gasteiger partial charge is 0.493 e. The summed E-state index contributed by atoms with van der Waals surface area (Å²) in [6.45, 7) is 3.56. The van der Waals surface area contributed by atoms with Gasteiger partial charge in [0.2, 0.25) is 0 Å². The van der Waals surface area contributed by atoms with Crippen LogP contribution in [-0.2, 0) is 14.3 Å². The van der Waals surface area contributed by atoms with E-state index in [0.29, 0.717) is 17.2 Å². The second-order valence-corrected chi connectivity index (χ2v) is 3.70. The van der Waals surface area contributed by atoms with Gasteiger partial charge in [0.25, 0.3) is 0 Å². The van der Waals surface area contributed by atoms with Crippen LogP contribution < -0.4 is 14.8 Å². The fourth-order valence-electron chi connectivity index (χ4n) is 1.49. The van der Waals surface area contributed by atoms with Crippen LogP contribution >= 0.6 is 0 Å². The molecule has 0 aliphatic carbocycles. The van der Waals surface area contributed by atoms with Gasteiger partial charge in [-0.25, -0.2) is 4.79 Å². The second-order valence-electron chi connectivity index (χ2n) is 3.70. The number of benzene rings is 1. The maximum atomic E-state index is 11.6. The average molecular weight is 267 g/mol. The number of aryl methyl sites for hydroxylation is 1. The molecule has 6 heteroatoms. The number of anilines is 1. The van der Waals surface area contributed by atoms with Gasteiger partial charge in [-0.1, -0.05) is 0 Å². The zero-order valence-electron chi connectivity index (χ0n) is 11.4. The quantitative estimate of drug-likeness (QED) is 0.661. The highest BCUT2D eigenvalue weighted by Gasteiger charge is 2.17. The van der Waals surface area contributed by atoms with E-state index in [1.54, 1.807) is 26.0 Å². The number of amides is 1. The summed E-state index contributed by atoms with van der Waals surface area (Å²) in [7, 11) is 3.01. The van der Waals surface area contributed by atoms with Crippen molar-refractivity contribution >= 4 is 17.6 Å². The van der Waals surface area contributed by atoms with Gasteiger partial charge >= 0.3 is 11.9 Å². The SMILES string of the molecule is CCOC(=O)C(=O)Nc1cc(OC)c(OC)cc1C. The van der Waals surface area contributed by atoms with Crippen molar-refractivity contribution in [2.24, 2.45) is 0 Å². The molecule has 1 amide bonds. The topological polar surface area (TPSA) is 73.9 Å². The molecule has 6 nitrogen and oxygen atoms in total. The highest BCUT2D eigenvalue weighted by molar-refractivity contribution is 6.37. The summed E-state index contributed by atoms with van der Waals surface area (Å²) in [6.07, 6.45) is 0. The summed E-state index contributed by atoms with van der Waals surface area (Å²) in [5.41, 5.74) is 1.21.